The van der Waals surface area contributed by atoms with Gasteiger partial charge in [0, 0.05) is 13.1 Å². The first-order chi connectivity index (χ1) is 11.6. The second-order valence-corrected chi connectivity index (χ2v) is 6.02. The summed E-state index contributed by atoms with van der Waals surface area (Å²) in [7, 11) is 0. The van der Waals surface area contributed by atoms with E-state index in [9.17, 15) is 18.8 Å². The highest BCUT2D eigenvalue weighted by molar-refractivity contribution is 5.82. The second-order valence-electron chi connectivity index (χ2n) is 6.02. The van der Waals surface area contributed by atoms with Gasteiger partial charge >= 0.3 is 17.6 Å². The Morgan fingerprint density at radius 3 is 2.72 bits per heavy atom. The van der Waals surface area contributed by atoms with Gasteiger partial charge in [-0.3, -0.25) is 9.36 Å². The molecule has 136 valence electrons. The van der Waals surface area contributed by atoms with Crippen LogP contribution in [0.4, 0.5) is 4.39 Å². The van der Waals surface area contributed by atoms with E-state index in [0.717, 1.165) is 10.8 Å². The lowest BCUT2D eigenvalue weighted by Gasteiger charge is -2.23. The molecule has 0 aliphatic carbocycles. The van der Waals surface area contributed by atoms with Crippen LogP contribution in [0.3, 0.4) is 0 Å². The summed E-state index contributed by atoms with van der Waals surface area (Å²) in [5.41, 5.74) is -2.07. The largest absolute Gasteiger partial charge is 0.460 e. The molecule has 2 atom stereocenters. The molecule has 9 heteroatoms. The van der Waals surface area contributed by atoms with Crippen molar-refractivity contribution in [2.45, 2.75) is 45.6 Å². The lowest BCUT2D eigenvalue weighted by atomic mass is 10.1. The fourth-order valence-corrected chi connectivity index (χ4v) is 2.18. The number of aryl methyl sites for hydroxylation is 1. The lowest BCUT2D eigenvalue weighted by Crippen LogP contribution is -2.39. The summed E-state index contributed by atoms with van der Waals surface area (Å²) in [6.07, 6.45) is 2.66. The van der Waals surface area contributed by atoms with Gasteiger partial charge in [-0.2, -0.15) is 4.98 Å². The molecular formula is C16H19FN2O6. The van der Waals surface area contributed by atoms with Crippen LogP contribution in [0.25, 0.3) is 0 Å². The Balaban J connectivity index is 1.95. The smallest absolute Gasteiger partial charge is 0.350 e. The Kier molecular flexibility index (Phi) is 5.36. The van der Waals surface area contributed by atoms with E-state index in [2.05, 4.69) is 4.98 Å². The Morgan fingerprint density at radius 2 is 2.08 bits per heavy atom. The minimum Gasteiger partial charge on any atom is -0.460 e. The van der Waals surface area contributed by atoms with Gasteiger partial charge in [0.25, 0.3) is 0 Å². The number of hydrogen-bond acceptors (Lipinski definition) is 7. The van der Waals surface area contributed by atoms with Gasteiger partial charge in [0.2, 0.25) is 5.60 Å². The fourth-order valence-electron chi connectivity index (χ4n) is 2.18. The molecule has 2 heterocycles. The fraction of sp³-hybridized carbons (Fsp3) is 0.500. The minimum absolute atomic E-state index is 0.00130. The van der Waals surface area contributed by atoms with Gasteiger partial charge in [-0.25, -0.2) is 14.0 Å². The summed E-state index contributed by atoms with van der Waals surface area (Å²) in [6, 6.07) is 0. The van der Waals surface area contributed by atoms with E-state index in [-0.39, 0.29) is 12.3 Å². The molecule has 2 rings (SSSR count). The molecule has 0 bridgehead atoms. The van der Waals surface area contributed by atoms with Gasteiger partial charge in [0.05, 0.1) is 5.69 Å². The third-order valence-electron chi connectivity index (χ3n) is 3.43. The van der Waals surface area contributed by atoms with Crippen molar-refractivity contribution in [1.82, 2.24) is 9.55 Å². The van der Waals surface area contributed by atoms with Crippen molar-refractivity contribution in [3.63, 3.8) is 0 Å². The van der Waals surface area contributed by atoms with Crippen LogP contribution >= 0.6 is 0 Å². The van der Waals surface area contributed by atoms with Crippen LogP contribution < -0.4 is 5.69 Å². The first kappa shape index (κ1) is 18.8. The number of nitrogens with zero attached hydrogens (tertiary/aromatic N) is 2. The van der Waals surface area contributed by atoms with E-state index in [0.29, 0.717) is 0 Å². The predicted octanol–water partition coefficient (Wildman–Crippen LogP) is 1.03. The van der Waals surface area contributed by atoms with Crippen molar-refractivity contribution in [3.8, 4) is 0 Å². The lowest BCUT2D eigenvalue weighted by molar-refractivity contribution is -0.179. The van der Waals surface area contributed by atoms with Crippen LogP contribution in [0.5, 0.6) is 0 Å². The SMILES string of the molecule is CC(=O)OC(C)(C)C(=O)OCC1C=CC(n2cc(F)c(C)nc2=O)O1. The first-order valence-corrected chi connectivity index (χ1v) is 7.56. The molecule has 0 saturated carbocycles. The molecular weight excluding hydrogens is 335 g/mol. The van der Waals surface area contributed by atoms with E-state index < -0.39 is 41.4 Å². The Bertz CT molecular complexity index is 770. The Labute approximate surface area is 143 Å². The molecule has 8 nitrogen and oxygen atoms in total. The molecule has 0 N–H and O–H groups in total. The summed E-state index contributed by atoms with van der Waals surface area (Å²) in [5, 5.41) is 0. The molecule has 0 saturated heterocycles. The summed E-state index contributed by atoms with van der Waals surface area (Å²) in [6.45, 7) is 5.25. The third kappa shape index (κ3) is 4.50. The molecule has 0 amide bonds. The number of rotatable bonds is 5. The molecule has 1 aliphatic rings. The minimum atomic E-state index is -1.42. The zero-order valence-corrected chi connectivity index (χ0v) is 14.3. The molecule has 0 spiro atoms. The van der Waals surface area contributed by atoms with E-state index in [1.54, 1.807) is 6.08 Å². The van der Waals surface area contributed by atoms with E-state index in [4.69, 9.17) is 14.2 Å². The third-order valence-corrected chi connectivity index (χ3v) is 3.43. The number of halogens is 1. The van der Waals surface area contributed by atoms with E-state index in [1.165, 1.54) is 33.8 Å². The average molecular weight is 354 g/mol. The van der Waals surface area contributed by atoms with Crippen LogP contribution in [0, 0.1) is 12.7 Å². The van der Waals surface area contributed by atoms with Crippen LogP contribution in [-0.2, 0) is 23.8 Å². The Hall–Kier alpha value is -2.55. The number of carbonyl (C=O) groups excluding carboxylic acids is 2. The Morgan fingerprint density at radius 1 is 1.40 bits per heavy atom. The van der Waals surface area contributed by atoms with Crippen molar-refractivity contribution in [2.75, 3.05) is 6.61 Å². The number of hydrogen-bond donors (Lipinski definition) is 0. The molecule has 0 radical (unpaired) electrons. The zero-order valence-electron chi connectivity index (χ0n) is 14.3. The molecule has 1 aliphatic heterocycles. The number of esters is 2. The second kappa shape index (κ2) is 7.14. The quantitative estimate of drug-likeness (QED) is 0.575. The van der Waals surface area contributed by atoms with Crippen molar-refractivity contribution in [3.05, 3.63) is 40.3 Å². The molecule has 1 aromatic heterocycles. The van der Waals surface area contributed by atoms with Gasteiger partial charge in [-0.05, 0) is 26.8 Å². The molecule has 0 fully saturated rings. The topological polar surface area (TPSA) is 96.7 Å². The number of aromatic nitrogens is 2. The van der Waals surface area contributed by atoms with Crippen molar-refractivity contribution in [1.29, 1.82) is 0 Å². The number of ether oxygens (including phenoxy) is 3. The van der Waals surface area contributed by atoms with Crippen LogP contribution in [0.15, 0.2) is 23.1 Å². The van der Waals surface area contributed by atoms with Gasteiger partial charge in [0.1, 0.15) is 12.7 Å². The highest BCUT2D eigenvalue weighted by Crippen LogP contribution is 2.21. The highest BCUT2D eigenvalue weighted by Gasteiger charge is 2.34. The summed E-state index contributed by atoms with van der Waals surface area (Å²) < 4.78 is 30.1. The van der Waals surface area contributed by atoms with Crippen LogP contribution in [0.1, 0.15) is 32.7 Å². The van der Waals surface area contributed by atoms with Gasteiger partial charge in [0.15, 0.2) is 12.0 Å². The maximum atomic E-state index is 13.6. The molecule has 25 heavy (non-hydrogen) atoms. The van der Waals surface area contributed by atoms with Crippen LogP contribution in [-0.4, -0.2) is 39.8 Å². The van der Waals surface area contributed by atoms with Crippen molar-refractivity contribution in [2.24, 2.45) is 0 Å². The highest BCUT2D eigenvalue weighted by atomic mass is 19.1. The van der Waals surface area contributed by atoms with Gasteiger partial charge in [-0.1, -0.05) is 6.08 Å². The van der Waals surface area contributed by atoms with Gasteiger partial charge in [-0.15, -0.1) is 0 Å². The summed E-state index contributed by atoms with van der Waals surface area (Å²) in [4.78, 5) is 38.3. The summed E-state index contributed by atoms with van der Waals surface area (Å²) >= 11 is 0. The number of carbonyl (C=O) groups is 2. The van der Waals surface area contributed by atoms with E-state index >= 15 is 0 Å². The van der Waals surface area contributed by atoms with Crippen molar-refractivity contribution < 1.29 is 28.2 Å². The molecule has 2 unspecified atom stereocenters. The summed E-state index contributed by atoms with van der Waals surface area (Å²) in [5.74, 6) is -1.97. The maximum Gasteiger partial charge on any atom is 0.350 e. The maximum absolute atomic E-state index is 13.6. The van der Waals surface area contributed by atoms with E-state index in [1.807, 2.05) is 0 Å². The van der Waals surface area contributed by atoms with Gasteiger partial charge < -0.3 is 14.2 Å². The first-order valence-electron chi connectivity index (χ1n) is 7.56. The monoisotopic (exact) mass is 354 g/mol. The standard InChI is InChI=1S/C16H19FN2O6/c1-9-12(17)7-19(15(22)18-9)13-6-5-11(24-13)8-23-14(21)16(3,4)25-10(2)20/h5-7,11,13H,8H2,1-4H3. The van der Waals surface area contributed by atoms with Crippen molar-refractivity contribution >= 4 is 11.9 Å². The molecule has 0 aromatic carbocycles. The normalized spacial score (nSPS) is 19.7. The molecule has 1 aromatic rings. The van der Waals surface area contributed by atoms with Crippen LogP contribution in [0.2, 0.25) is 0 Å². The zero-order chi connectivity index (χ0) is 18.8. The predicted molar refractivity (Wildman–Crippen MR) is 83.0 cm³/mol. The average Bonchev–Trinajstić information content (AvgIpc) is 2.95.